The lowest BCUT2D eigenvalue weighted by Gasteiger charge is -2.24. The molecule has 0 radical (unpaired) electrons. The number of carbonyl (C=O) groups excluding carboxylic acids is 1. The third-order valence-electron chi connectivity index (χ3n) is 5.06. The molecule has 152 valence electrons. The summed E-state index contributed by atoms with van der Waals surface area (Å²) in [6.45, 7) is 1.95. The average molecular weight is 401 g/mol. The minimum Gasteiger partial charge on any atom is -0.497 e. The highest BCUT2D eigenvalue weighted by molar-refractivity contribution is 6.04. The van der Waals surface area contributed by atoms with Gasteiger partial charge in [0.05, 0.1) is 12.8 Å². The lowest BCUT2D eigenvalue weighted by atomic mass is 9.91. The van der Waals surface area contributed by atoms with E-state index in [4.69, 9.17) is 14.3 Å². The molecule has 1 aliphatic heterocycles. The van der Waals surface area contributed by atoms with Gasteiger partial charge in [0.1, 0.15) is 23.5 Å². The van der Waals surface area contributed by atoms with Crippen LogP contribution in [0.5, 0.6) is 11.5 Å². The van der Waals surface area contributed by atoms with Crippen LogP contribution in [-0.2, 0) is 9.63 Å². The first-order chi connectivity index (χ1) is 14.7. The Hall–Kier alpha value is -3.60. The highest BCUT2D eigenvalue weighted by atomic mass is 16.7. The van der Waals surface area contributed by atoms with Gasteiger partial charge >= 0.3 is 5.97 Å². The number of hydrogen-bond acceptors (Lipinski definition) is 5. The van der Waals surface area contributed by atoms with Crippen LogP contribution in [0.25, 0.3) is 0 Å². The Bertz CT molecular complexity index is 1010. The molecule has 0 N–H and O–H groups in total. The van der Waals surface area contributed by atoms with Crippen molar-refractivity contribution in [3.8, 4) is 11.5 Å². The lowest BCUT2D eigenvalue weighted by Crippen LogP contribution is -2.25. The number of benzene rings is 3. The number of nitrogens with zero attached hydrogens (tertiary/aromatic N) is 1. The standard InChI is InChI=1S/C25H23NO4/c1-17-15-22(21-14-13-20(28-2)16-23(21)29-17)26-30-25(27)24(18-9-5-3-6-10-18)19-11-7-4-8-12-19/h3-14,16-17,24H,15H2,1-2H3/b26-22-/t17-/m1/s1. The molecule has 3 aromatic rings. The largest absolute Gasteiger partial charge is 0.497 e. The van der Waals surface area contributed by atoms with Crippen molar-refractivity contribution in [3.63, 3.8) is 0 Å². The molecular formula is C25H23NO4. The van der Waals surface area contributed by atoms with Crippen LogP contribution < -0.4 is 9.47 Å². The molecule has 0 amide bonds. The van der Waals surface area contributed by atoms with E-state index in [1.165, 1.54) is 0 Å². The van der Waals surface area contributed by atoms with Gasteiger partial charge in [0, 0.05) is 18.1 Å². The van der Waals surface area contributed by atoms with Gasteiger partial charge in [-0.05, 0) is 30.2 Å². The zero-order chi connectivity index (χ0) is 20.9. The normalized spacial score (nSPS) is 16.6. The Morgan fingerprint density at radius 3 is 2.23 bits per heavy atom. The first-order valence-electron chi connectivity index (χ1n) is 9.88. The second-order valence-electron chi connectivity index (χ2n) is 7.20. The Morgan fingerprint density at radius 1 is 1.00 bits per heavy atom. The zero-order valence-corrected chi connectivity index (χ0v) is 16.9. The van der Waals surface area contributed by atoms with E-state index < -0.39 is 11.9 Å². The van der Waals surface area contributed by atoms with Crippen LogP contribution in [0.4, 0.5) is 0 Å². The number of oxime groups is 1. The number of ether oxygens (including phenoxy) is 2. The van der Waals surface area contributed by atoms with E-state index in [1.807, 2.05) is 85.8 Å². The summed E-state index contributed by atoms with van der Waals surface area (Å²) in [4.78, 5) is 18.6. The van der Waals surface area contributed by atoms with Crippen molar-refractivity contribution in [3.05, 3.63) is 95.6 Å². The molecule has 0 unspecified atom stereocenters. The third-order valence-corrected chi connectivity index (χ3v) is 5.06. The Balaban J connectivity index is 1.63. The van der Waals surface area contributed by atoms with Crippen molar-refractivity contribution >= 4 is 11.7 Å². The van der Waals surface area contributed by atoms with Gasteiger partial charge in [0.15, 0.2) is 0 Å². The molecule has 0 aromatic heterocycles. The maximum Gasteiger partial charge on any atom is 0.346 e. The summed E-state index contributed by atoms with van der Waals surface area (Å²) in [5.41, 5.74) is 3.20. The molecule has 1 atom stereocenters. The quantitative estimate of drug-likeness (QED) is 0.449. The van der Waals surface area contributed by atoms with Gasteiger partial charge in [-0.2, -0.15) is 0 Å². The molecule has 1 heterocycles. The number of methoxy groups -OCH3 is 1. The van der Waals surface area contributed by atoms with Crippen molar-refractivity contribution in [2.45, 2.75) is 25.4 Å². The van der Waals surface area contributed by atoms with E-state index in [0.717, 1.165) is 16.7 Å². The molecule has 0 fully saturated rings. The van der Waals surface area contributed by atoms with Gasteiger partial charge in [-0.1, -0.05) is 65.8 Å². The summed E-state index contributed by atoms with van der Waals surface area (Å²) in [6, 6.07) is 24.7. The Morgan fingerprint density at radius 2 is 1.63 bits per heavy atom. The lowest BCUT2D eigenvalue weighted by molar-refractivity contribution is -0.144. The fourth-order valence-electron chi connectivity index (χ4n) is 3.60. The highest BCUT2D eigenvalue weighted by Crippen LogP contribution is 2.32. The predicted octanol–water partition coefficient (Wildman–Crippen LogP) is 4.95. The summed E-state index contributed by atoms with van der Waals surface area (Å²) in [7, 11) is 1.61. The van der Waals surface area contributed by atoms with Crippen LogP contribution >= 0.6 is 0 Å². The summed E-state index contributed by atoms with van der Waals surface area (Å²) in [5, 5.41) is 4.25. The van der Waals surface area contributed by atoms with Crippen molar-refractivity contribution in [1.82, 2.24) is 0 Å². The Labute approximate surface area is 175 Å². The van der Waals surface area contributed by atoms with Crippen LogP contribution in [-0.4, -0.2) is 24.9 Å². The molecule has 0 spiro atoms. The fraction of sp³-hybridized carbons (Fsp3) is 0.200. The van der Waals surface area contributed by atoms with Crippen LogP contribution in [0, 0.1) is 0 Å². The fourth-order valence-corrected chi connectivity index (χ4v) is 3.60. The molecule has 0 saturated carbocycles. The average Bonchev–Trinajstić information content (AvgIpc) is 2.78. The van der Waals surface area contributed by atoms with Gasteiger partial charge < -0.3 is 14.3 Å². The molecule has 4 rings (SSSR count). The minimum absolute atomic E-state index is 0.0823. The minimum atomic E-state index is -0.552. The third kappa shape index (κ3) is 4.20. The predicted molar refractivity (Wildman–Crippen MR) is 115 cm³/mol. The molecule has 0 aliphatic carbocycles. The molecule has 1 aliphatic rings. The second kappa shape index (κ2) is 8.82. The maximum absolute atomic E-state index is 13.1. The molecule has 5 nitrogen and oxygen atoms in total. The second-order valence-corrected chi connectivity index (χ2v) is 7.20. The Kier molecular flexibility index (Phi) is 5.80. The molecule has 30 heavy (non-hydrogen) atoms. The van der Waals surface area contributed by atoms with Crippen LogP contribution in [0.3, 0.4) is 0 Å². The van der Waals surface area contributed by atoms with Crippen molar-refractivity contribution in [2.24, 2.45) is 5.16 Å². The first-order valence-corrected chi connectivity index (χ1v) is 9.88. The number of hydrogen-bond donors (Lipinski definition) is 0. The van der Waals surface area contributed by atoms with E-state index in [0.29, 0.717) is 23.6 Å². The SMILES string of the molecule is COc1ccc2c(c1)O[C@H](C)C/C2=N/OC(=O)C(c1ccccc1)c1ccccc1. The molecular weight excluding hydrogens is 378 g/mol. The van der Waals surface area contributed by atoms with E-state index in [-0.39, 0.29) is 6.10 Å². The molecule has 5 heteroatoms. The van der Waals surface area contributed by atoms with E-state index in [9.17, 15) is 4.79 Å². The monoisotopic (exact) mass is 401 g/mol. The smallest absolute Gasteiger partial charge is 0.346 e. The van der Waals surface area contributed by atoms with Crippen molar-refractivity contribution < 1.29 is 19.1 Å². The number of fused-ring (bicyclic) bond motifs is 1. The van der Waals surface area contributed by atoms with Gasteiger partial charge in [-0.15, -0.1) is 0 Å². The topological polar surface area (TPSA) is 57.1 Å². The zero-order valence-electron chi connectivity index (χ0n) is 16.9. The summed E-state index contributed by atoms with van der Waals surface area (Å²) < 4.78 is 11.2. The molecule has 0 saturated heterocycles. The van der Waals surface area contributed by atoms with E-state index in [1.54, 1.807) is 7.11 Å². The molecule has 3 aromatic carbocycles. The first kappa shape index (κ1) is 19.7. The highest BCUT2D eigenvalue weighted by Gasteiger charge is 2.27. The summed E-state index contributed by atoms with van der Waals surface area (Å²) in [5.74, 6) is 0.399. The van der Waals surface area contributed by atoms with Gasteiger partial charge in [0.2, 0.25) is 0 Å². The summed E-state index contributed by atoms with van der Waals surface area (Å²) >= 11 is 0. The number of rotatable bonds is 5. The van der Waals surface area contributed by atoms with Crippen molar-refractivity contribution in [1.29, 1.82) is 0 Å². The maximum atomic E-state index is 13.1. The van der Waals surface area contributed by atoms with Gasteiger partial charge in [-0.25, -0.2) is 4.79 Å². The van der Waals surface area contributed by atoms with E-state index >= 15 is 0 Å². The van der Waals surface area contributed by atoms with Crippen LogP contribution in [0.2, 0.25) is 0 Å². The molecule has 0 bridgehead atoms. The van der Waals surface area contributed by atoms with Crippen LogP contribution in [0.15, 0.2) is 84.0 Å². The van der Waals surface area contributed by atoms with Crippen LogP contribution in [0.1, 0.15) is 36.0 Å². The van der Waals surface area contributed by atoms with Gasteiger partial charge in [-0.3, -0.25) is 0 Å². The summed E-state index contributed by atoms with van der Waals surface area (Å²) in [6.07, 6.45) is 0.467. The number of carbonyl (C=O) groups is 1. The van der Waals surface area contributed by atoms with E-state index in [2.05, 4.69) is 5.16 Å². The van der Waals surface area contributed by atoms with Gasteiger partial charge in [0.25, 0.3) is 0 Å². The van der Waals surface area contributed by atoms with Crippen molar-refractivity contribution in [2.75, 3.05) is 7.11 Å².